The van der Waals surface area contributed by atoms with E-state index in [4.69, 9.17) is 10.5 Å². The Kier molecular flexibility index (Phi) is 4.03. The van der Waals surface area contributed by atoms with Crippen LogP contribution in [0.15, 0.2) is 24.3 Å². The fourth-order valence-electron chi connectivity index (χ4n) is 1.21. The molecule has 0 unspecified atom stereocenters. The summed E-state index contributed by atoms with van der Waals surface area (Å²) in [5.41, 5.74) is 6.47. The van der Waals surface area contributed by atoms with Crippen molar-refractivity contribution in [3.8, 4) is 17.6 Å². The standard InChI is InChI=1S/C12H15NO/c1-10(5-4-8-13)11-6-3-7-12(9-11)14-2/h3,6-7,9-10H,8,13H2,1-2H3/t10-/m0/s1. The molecule has 1 aromatic rings. The molecule has 74 valence electrons. The van der Waals surface area contributed by atoms with Gasteiger partial charge in [-0.1, -0.05) is 24.0 Å². The Morgan fingerprint density at radius 3 is 2.93 bits per heavy atom. The second kappa shape index (κ2) is 5.31. The van der Waals surface area contributed by atoms with E-state index in [1.54, 1.807) is 7.11 Å². The molecule has 0 aromatic heterocycles. The monoisotopic (exact) mass is 189 g/mol. The Hall–Kier alpha value is -1.46. The zero-order chi connectivity index (χ0) is 10.4. The van der Waals surface area contributed by atoms with Crippen molar-refractivity contribution in [3.05, 3.63) is 29.8 Å². The van der Waals surface area contributed by atoms with Crippen LogP contribution in [0.25, 0.3) is 0 Å². The molecule has 14 heavy (non-hydrogen) atoms. The van der Waals surface area contributed by atoms with Crippen molar-refractivity contribution in [2.24, 2.45) is 5.73 Å². The first-order valence-electron chi connectivity index (χ1n) is 4.60. The molecule has 0 heterocycles. The van der Waals surface area contributed by atoms with E-state index in [9.17, 15) is 0 Å². The summed E-state index contributed by atoms with van der Waals surface area (Å²) in [7, 11) is 1.66. The first kappa shape index (κ1) is 10.6. The minimum atomic E-state index is 0.202. The van der Waals surface area contributed by atoms with Gasteiger partial charge in [0.15, 0.2) is 0 Å². The minimum absolute atomic E-state index is 0.202. The van der Waals surface area contributed by atoms with Gasteiger partial charge in [-0.05, 0) is 24.6 Å². The van der Waals surface area contributed by atoms with Crippen molar-refractivity contribution in [2.75, 3.05) is 13.7 Å². The molecule has 1 aromatic carbocycles. The lowest BCUT2D eigenvalue weighted by Gasteiger charge is -2.06. The largest absolute Gasteiger partial charge is 0.497 e. The lowest BCUT2D eigenvalue weighted by atomic mass is 10.0. The van der Waals surface area contributed by atoms with Gasteiger partial charge < -0.3 is 10.5 Å². The quantitative estimate of drug-likeness (QED) is 0.719. The number of nitrogens with two attached hydrogens (primary N) is 1. The lowest BCUT2D eigenvalue weighted by molar-refractivity contribution is 0.414. The molecule has 0 amide bonds. The number of benzene rings is 1. The topological polar surface area (TPSA) is 35.2 Å². The summed E-state index contributed by atoms with van der Waals surface area (Å²) in [5.74, 6) is 7.01. The van der Waals surface area contributed by atoms with Crippen LogP contribution in [0.5, 0.6) is 5.75 Å². The molecule has 2 heteroatoms. The van der Waals surface area contributed by atoms with Gasteiger partial charge in [-0.25, -0.2) is 0 Å². The fourth-order valence-corrected chi connectivity index (χ4v) is 1.21. The van der Waals surface area contributed by atoms with Gasteiger partial charge in [0.05, 0.1) is 13.7 Å². The third-order valence-corrected chi connectivity index (χ3v) is 2.01. The Morgan fingerprint density at radius 2 is 2.29 bits per heavy atom. The summed E-state index contributed by atoms with van der Waals surface area (Å²) in [4.78, 5) is 0. The van der Waals surface area contributed by atoms with Crippen LogP contribution in [0.4, 0.5) is 0 Å². The van der Waals surface area contributed by atoms with Gasteiger partial charge in [0.2, 0.25) is 0 Å². The molecule has 1 rings (SSSR count). The molecule has 0 aliphatic rings. The second-order valence-corrected chi connectivity index (χ2v) is 3.02. The van der Waals surface area contributed by atoms with Crippen molar-refractivity contribution in [1.82, 2.24) is 0 Å². The maximum atomic E-state index is 5.31. The summed E-state index contributed by atoms with van der Waals surface area (Å²) in [6.45, 7) is 2.46. The number of hydrogen-bond donors (Lipinski definition) is 1. The van der Waals surface area contributed by atoms with Crippen LogP contribution in [-0.2, 0) is 0 Å². The molecule has 1 atom stereocenters. The smallest absolute Gasteiger partial charge is 0.119 e. The van der Waals surface area contributed by atoms with E-state index < -0.39 is 0 Å². The van der Waals surface area contributed by atoms with Gasteiger partial charge >= 0.3 is 0 Å². The molecule has 0 fully saturated rings. The third-order valence-electron chi connectivity index (χ3n) is 2.01. The van der Waals surface area contributed by atoms with Crippen molar-refractivity contribution in [1.29, 1.82) is 0 Å². The Bertz CT molecular complexity index is 349. The van der Waals surface area contributed by atoms with Crippen LogP contribution < -0.4 is 10.5 Å². The van der Waals surface area contributed by atoms with Crippen LogP contribution in [0.2, 0.25) is 0 Å². The number of ether oxygens (including phenoxy) is 1. The van der Waals surface area contributed by atoms with Gasteiger partial charge in [-0.15, -0.1) is 0 Å². The number of hydrogen-bond acceptors (Lipinski definition) is 2. The molecule has 0 aliphatic carbocycles. The van der Waals surface area contributed by atoms with Crippen molar-refractivity contribution >= 4 is 0 Å². The minimum Gasteiger partial charge on any atom is -0.497 e. The Balaban J connectivity index is 2.84. The number of methoxy groups -OCH3 is 1. The third kappa shape index (κ3) is 2.79. The van der Waals surface area contributed by atoms with Crippen molar-refractivity contribution in [2.45, 2.75) is 12.8 Å². The zero-order valence-electron chi connectivity index (χ0n) is 8.58. The first-order chi connectivity index (χ1) is 6.77. The van der Waals surface area contributed by atoms with Crippen molar-refractivity contribution in [3.63, 3.8) is 0 Å². The summed E-state index contributed by atoms with van der Waals surface area (Å²) in [6.07, 6.45) is 0. The highest BCUT2D eigenvalue weighted by molar-refractivity contribution is 5.34. The molecule has 0 spiro atoms. The summed E-state index contributed by atoms with van der Waals surface area (Å²) in [6, 6.07) is 7.93. The van der Waals surface area contributed by atoms with E-state index in [0.717, 1.165) is 11.3 Å². The van der Waals surface area contributed by atoms with Gasteiger partial charge in [-0.3, -0.25) is 0 Å². The predicted molar refractivity (Wildman–Crippen MR) is 58.2 cm³/mol. The molecule has 0 aliphatic heterocycles. The Labute approximate surface area is 85.1 Å². The highest BCUT2D eigenvalue weighted by Crippen LogP contribution is 2.19. The van der Waals surface area contributed by atoms with E-state index in [2.05, 4.69) is 18.8 Å². The second-order valence-electron chi connectivity index (χ2n) is 3.02. The van der Waals surface area contributed by atoms with Crippen LogP contribution in [0, 0.1) is 11.8 Å². The van der Waals surface area contributed by atoms with Gasteiger partial charge in [0.25, 0.3) is 0 Å². The predicted octanol–water partition coefficient (Wildman–Crippen LogP) is 1.76. The number of rotatable bonds is 2. The molecule has 0 bridgehead atoms. The van der Waals surface area contributed by atoms with E-state index in [0.29, 0.717) is 6.54 Å². The van der Waals surface area contributed by atoms with Crippen LogP contribution in [0.3, 0.4) is 0 Å². The summed E-state index contributed by atoms with van der Waals surface area (Å²) < 4.78 is 5.14. The molecule has 0 saturated carbocycles. The molecule has 0 saturated heterocycles. The molecule has 2 nitrogen and oxygen atoms in total. The highest BCUT2D eigenvalue weighted by atomic mass is 16.5. The zero-order valence-corrected chi connectivity index (χ0v) is 8.58. The van der Waals surface area contributed by atoms with E-state index in [-0.39, 0.29) is 5.92 Å². The molecular formula is C12H15NO. The van der Waals surface area contributed by atoms with Crippen LogP contribution in [-0.4, -0.2) is 13.7 Å². The van der Waals surface area contributed by atoms with Gasteiger partial charge in [0.1, 0.15) is 5.75 Å². The fraction of sp³-hybridized carbons (Fsp3) is 0.333. The SMILES string of the molecule is COc1cccc([C@@H](C)C#CCN)c1. The van der Waals surface area contributed by atoms with E-state index >= 15 is 0 Å². The normalized spacial score (nSPS) is 11.4. The van der Waals surface area contributed by atoms with Gasteiger partial charge in [-0.2, -0.15) is 0 Å². The van der Waals surface area contributed by atoms with Crippen molar-refractivity contribution < 1.29 is 4.74 Å². The highest BCUT2D eigenvalue weighted by Gasteiger charge is 2.01. The average molecular weight is 189 g/mol. The van der Waals surface area contributed by atoms with Gasteiger partial charge in [0, 0.05) is 5.92 Å². The molecule has 2 N–H and O–H groups in total. The lowest BCUT2D eigenvalue weighted by Crippen LogP contribution is -1.96. The van der Waals surface area contributed by atoms with E-state index in [1.807, 2.05) is 24.3 Å². The van der Waals surface area contributed by atoms with Crippen LogP contribution in [0.1, 0.15) is 18.4 Å². The summed E-state index contributed by atoms with van der Waals surface area (Å²) >= 11 is 0. The van der Waals surface area contributed by atoms with Crippen LogP contribution >= 0.6 is 0 Å². The molecule has 0 radical (unpaired) electrons. The van der Waals surface area contributed by atoms with E-state index in [1.165, 1.54) is 0 Å². The maximum Gasteiger partial charge on any atom is 0.119 e. The summed E-state index contributed by atoms with van der Waals surface area (Å²) in [5, 5.41) is 0. The first-order valence-corrected chi connectivity index (χ1v) is 4.60. The maximum absolute atomic E-state index is 5.31. The average Bonchev–Trinajstić information content (AvgIpc) is 2.26. The Morgan fingerprint density at radius 1 is 1.50 bits per heavy atom. The molecular weight excluding hydrogens is 174 g/mol.